The maximum absolute atomic E-state index is 12.9. The number of thiophene rings is 1. The molecule has 0 saturated carbocycles. The van der Waals surface area contributed by atoms with E-state index in [1.165, 1.54) is 28.8 Å². The molecule has 0 bridgehead atoms. The van der Waals surface area contributed by atoms with Crippen molar-refractivity contribution in [3.05, 3.63) is 57.1 Å². The van der Waals surface area contributed by atoms with Crippen LogP contribution in [0.4, 0.5) is 0 Å². The average Bonchev–Trinajstić information content (AvgIpc) is 3.41. The Labute approximate surface area is 180 Å². The van der Waals surface area contributed by atoms with E-state index < -0.39 is 0 Å². The molecule has 0 spiro atoms. The molecule has 0 unspecified atom stereocenters. The standard InChI is InChI=1S/C23H26N4O2S/c1-16-6-8-17(9-7-16)22-24-21(29-25-22)15-26-10-12-27(13-11-26)23(28)20-14-18-4-2-3-5-19(18)30-20/h6-9,14H,2-5,10-13,15H2,1H3. The zero-order chi connectivity index (χ0) is 20.5. The number of hydrogen-bond donors (Lipinski definition) is 0. The van der Waals surface area contributed by atoms with Crippen LogP contribution >= 0.6 is 11.3 Å². The van der Waals surface area contributed by atoms with Gasteiger partial charge in [0.05, 0.1) is 11.4 Å². The van der Waals surface area contributed by atoms with E-state index >= 15 is 0 Å². The Bertz CT molecular complexity index is 1010. The molecule has 1 aliphatic heterocycles. The fourth-order valence-corrected chi connectivity index (χ4v) is 5.41. The van der Waals surface area contributed by atoms with Gasteiger partial charge in [0.15, 0.2) is 0 Å². The van der Waals surface area contributed by atoms with Crippen molar-refractivity contribution in [2.45, 2.75) is 39.2 Å². The van der Waals surface area contributed by atoms with Crippen LogP contribution < -0.4 is 0 Å². The Morgan fingerprint density at radius 1 is 1.10 bits per heavy atom. The molecular formula is C23H26N4O2S. The summed E-state index contributed by atoms with van der Waals surface area (Å²) >= 11 is 1.70. The van der Waals surface area contributed by atoms with Crippen LogP contribution in [-0.2, 0) is 19.4 Å². The molecule has 7 heteroatoms. The monoisotopic (exact) mass is 422 g/mol. The zero-order valence-corrected chi connectivity index (χ0v) is 18.1. The van der Waals surface area contributed by atoms with Crippen molar-refractivity contribution in [3.63, 3.8) is 0 Å². The number of fused-ring (bicyclic) bond motifs is 1. The largest absolute Gasteiger partial charge is 0.338 e. The van der Waals surface area contributed by atoms with Gasteiger partial charge in [-0.15, -0.1) is 11.3 Å². The van der Waals surface area contributed by atoms with Crippen LogP contribution in [0.3, 0.4) is 0 Å². The van der Waals surface area contributed by atoms with E-state index in [0.717, 1.165) is 49.5 Å². The van der Waals surface area contributed by atoms with Crippen LogP contribution in [-0.4, -0.2) is 52.0 Å². The van der Waals surface area contributed by atoms with Crippen LogP contribution in [0.15, 0.2) is 34.9 Å². The third-order valence-electron chi connectivity index (χ3n) is 6.00. The topological polar surface area (TPSA) is 62.5 Å². The molecule has 3 aromatic rings. The first-order valence-electron chi connectivity index (χ1n) is 10.7. The summed E-state index contributed by atoms with van der Waals surface area (Å²) in [5, 5.41) is 4.12. The van der Waals surface area contributed by atoms with Gasteiger partial charge in [-0.3, -0.25) is 9.69 Å². The number of carbonyl (C=O) groups excluding carboxylic acids is 1. The lowest BCUT2D eigenvalue weighted by molar-refractivity contribution is 0.0619. The SMILES string of the molecule is Cc1ccc(-c2noc(CN3CCN(C(=O)c4cc5c(s4)CCCC5)CC3)n2)cc1. The smallest absolute Gasteiger partial charge is 0.264 e. The van der Waals surface area contributed by atoms with Gasteiger partial charge >= 0.3 is 0 Å². The van der Waals surface area contributed by atoms with Gasteiger partial charge in [0.1, 0.15) is 0 Å². The van der Waals surface area contributed by atoms with Crippen LogP contribution in [0, 0.1) is 6.92 Å². The number of amides is 1. The maximum Gasteiger partial charge on any atom is 0.264 e. The van der Waals surface area contributed by atoms with Crippen LogP contribution in [0.5, 0.6) is 0 Å². The number of aryl methyl sites for hydroxylation is 3. The average molecular weight is 423 g/mol. The fourth-order valence-electron chi connectivity index (χ4n) is 4.19. The quantitative estimate of drug-likeness (QED) is 0.637. The molecule has 1 aliphatic carbocycles. The normalized spacial score (nSPS) is 17.2. The molecule has 2 aromatic heterocycles. The number of carbonyl (C=O) groups is 1. The summed E-state index contributed by atoms with van der Waals surface area (Å²) in [7, 11) is 0. The van der Waals surface area contributed by atoms with E-state index in [9.17, 15) is 4.79 Å². The Kier molecular flexibility index (Phi) is 5.39. The molecule has 30 heavy (non-hydrogen) atoms. The molecule has 1 aromatic carbocycles. The molecule has 5 rings (SSSR count). The molecule has 0 atom stereocenters. The van der Waals surface area contributed by atoms with Gasteiger partial charge in [0.2, 0.25) is 11.7 Å². The summed E-state index contributed by atoms with van der Waals surface area (Å²) in [5.74, 6) is 1.44. The molecule has 1 amide bonds. The summed E-state index contributed by atoms with van der Waals surface area (Å²) < 4.78 is 5.46. The first kappa shape index (κ1) is 19.5. The molecule has 0 N–H and O–H groups in total. The van der Waals surface area contributed by atoms with Gasteiger partial charge in [0, 0.05) is 36.6 Å². The van der Waals surface area contributed by atoms with Crippen molar-refractivity contribution in [1.82, 2.24) is 19.9 Å². The van der Waals surface area contributed by atoms with Crippen molar-refractivity contribution in [2.75, 3.05) is 26.2 Å². The number of aromatic nitrogens is 2. The second-order valence-electron chi connectivity index (χ2n) is 8.21. The second-order valence-corrected chi connectivity index (χ2v) is 9.35. The Morgan fingerprint density at radius 2 is 1.87 bits per heavy atom. The Hall–Kier alpha value is -2.51. The minimum Gasteiger partial charge on any atom is -0.338 e. The number of piperazine rings is 1. The lowest BCUT2D eigenvalue weighted by Gasteiger charge is -2.33. The van der Waals surface area contributed by atoms with Crippen molar-refractivity contribution in [2.24, 2.45) is 0 Å². The van der Waals surface area contributed by atoms with E-state index in [0.29, 0.717) is 18.3 Å². The van der Waals surface area contributed by atoms with E-state index in [-0.39, 0.29) is 5.91 Å². The first-order chi connectivity index (χ1) is 14.7. The van der Waals surface area contributed by atoms with Gasteiger partial charge in [-0.05, 0) is 44.2 Å². The molecule has 2 aliphatic rings. The van der Waals surface area contributed by atoms with Crippen molar-refractivity contribution in [1.29, 1.82) is 0 Å². The highest BCUT2D eigenvalue weighted by molar-refractivity contribution is 7.14. The van der Waals surface area contributed by atoms with Gasteiger partial charge in [-0.1, -0.05) is 35.0 Å². The van der Waals surface area contributed by atoms with E-state index in [1.54, 1.807) is 11.3 Å². The van der Waals surface area contributed by atoms with E-state index in [2.05, 4.69) is 28.0 Å². The lowest BCUT2D eigenvalue weighted by atomic mass is 9.99. The Morgan fingerprint density at radius 3 is 2.63 bits per heavy atom. The highest BCUT2D eigenvalue weighted by atomic mass is 32.1. The van der Waals surface area contributed by atoms with E-state index in [1.807, 2.05) is 29.2 Å². The Balaban J connectivity index is 1.17. The second kappa shape index (κ2) is 8.32. The van der Waals surface area contributed by atoms with Gasteiger partial charge in [0.25, 0.3) is 5.91 Å². The first-order valence-corrected chi connectivity index (χ1v) is 11.5. The minimum atomic E-state index is 0.188. The fraction of sp³-hybridized carbons (Fsp3) is 0.435. The van der Waals surface area contributed by atoms with Crippen molar-refractivity contribution >= 4 is 17.2 Å². The number of hydrogen-bond acceptors (Lipinski definition) is 6. The number of nitrogens with zero attached hydrogens (tertiary/aromatic N) is 4. The molecule has 0 radical (unpaired) electrons. The highest BCUT2D eigenvalue weighted by Crippen LogP contribution is 2.30. The predicted molar refractivity (Wildman–Crippen MR) is 117 cm³/mol. The van der Waals surface area contributed by atoms with E-state index in [4.69, 9.17) is 4.52 Å². The highest BCUT2D eigenvalue weighted by Gasteiger charge is 2.26. The van der Waals surface area contributed by atoms with Gasteiger partial charge < -0.3 is 9.42 Å². The summed E-state index contributed by atoms with van der Waals surface area (Å²) in [6.07, 6.45) is 4.76. The summed E-state index contributed by atoms with van der Waals surface area (Å²) in [5.41, 5.74) is 3.57. The summed E-state index contributed by atoms with van der Waals surface area (Å²) in [6, 6.07) is 10.3. The predicted octanol–water partition coefficient (Wildman–Crippen LogP) is 3.94. The summed E-state index contributed by atoms with van der Waals surface area (Å²) in [4.78, 5) is 24.1. The number of rotatable bonds is 4. The van der Waals surface area contributed by atoms with Crippen LogP contribution in [0.25, 0.3) is 11.4 Å². The number of benzene rings is 1. The van der Waals surface area contributed by atoms with Crippen molar-refractivity contribution < 1.29 is 9.32 Å². The maximum atomic E-state index is 12.9. The van der Waals surface area contributed by atoms with Gasteiger partial charge in [-0.25, -0.2) is 0 Å². The minimum absolute atomic E-state index is 0.188. The molecule has 6 nitrogen and oxygen atoms in total. The van der Waals surface area contributed by atoms with Crippen LogP contribution in [0.1, 0.15) is 44.4 Å². The lowest BCUT2D eigenvalue weighted by Crippen LogP contribution is -2.48. The summed E-state index contributed by atoms with van der Waals surface area (Å²) in [6.45, 7) is 5.79. The molecular weight excluding hydrogens is 396 g/mol. The molecule has 1 saturated heterocycles. The molecule has 3 heterocycles. The van der Waals surface area contributed by atoms with Crippen LogP contribution in [0.2, 0.25) is 0 Å². The van der Waals surface area contributed by atoms with Gasteiger partial charge in [-0.2, -0.15) is 4.98 Å². The third kappa shape index (κ3) is 4.04. The van der Waals surface area contributed by atoms with Crippen molar-refractivity contribution in [3.8, 4) is 11.4 Å². The third-order valence-corrected chi connectivity index (χ3v) is 7.23. The molecule has 156 valence electrons. The molecule has 1 fully saturated rings. The zero-order valence-electron chi connectivity index (χ0n) is 17.3.